The molecular formula is C48H46OS. The summed E-state index contributed by atoms with van der Waals surface area (Å²) in [6, 6.07) is 40.9. The highest BCUT2D eigenvalue weighted by Gasteiger charge is 2.31. The van der Waals surface area contributed by atoms with Gasteiger partial charge in [-0.15, -0.1) is 13.2 Å². The minimum absolute atomic E-state index is 0.0340. The smallest absolute Gasteiger partial charge is 0.0868 e. The second kappa shape index (κ2) is 15.5. The largest absolute Gasteiger partial charge is 0.249 e. The molecule has 0 saturated carbocycles. The lowest BCUT2D eigenvalue weighted by Crippen LogP contribution is -2.11. The average Bonchev–Trinajstić information content (AvgIpc) is 3.43. The predicted molar refractivity (Wildman–Crippen MR) is 220 cm³/mol. The molecule has 6 rings (SSSR count). The normalized spacial score (nSPS) is 14.5. The van der Waals surface area contributed by atoms with Crippen LogP contribution in [-0.2, 0) is 16.2 Å². The zero-order chi connectivity index (χ0) is 36.0. The minimum atomic E-state index is -1.32. The van der Waals surface area contributed by atoms with Crippen molar-refractivity contribution in [3.8, 4) is 33.4 Å². The molecule has 5 aromatic carbocycles. The third kappa shape index (κ3) is 7.18. The van der Waals surface area contributed by atoms with Gasteiger partial charge in [0.2, 0.25) is 0 Å². The third-order valence-corrected chi connectivity index (χ3v) is 10.7. The van der Waals surface area contributed by atoms with E-state index in [-0.39, 0.29) is 5.41 Å². The molecule has 1 aliphatic heterocycles. The molecule has 50 heavy (non-hydrogen) atoms. The molecule has 0 radical (unpaired) electrons. The average molecular weight is 671 g/mol. The zero-order valence-corrected chi connectivity index (χ0v) is 30.7. The van der Waals surface area contributed by atoms with Crippen LogP contribution in [0.4, 0.5) is 0 Å². The van der Waals surface area contributed by atoms with Crippen molar-refractivity contribution < 1.29 is 4.21 Å². The molecule has 2 heteroatoms. The summed E-state index contributed by atoms with van der Waals surface area (Å²) in [6.45, 7) is 24.8. The fourth-order valence-electron chi connectivity index (χ4n) is 6.48. The Labute approximate surface area is 301 Å². The van der Waals surface area contributed by atoms with Crippen molar-refractivity contribution in [2.45, 2.75) is 44.9 Å². The van der Waals surface area contributed by atoms with Crippen LogP contribution in [0.2, 0.25) is 0 Å². The first-order valence-electron chi connectivity index (χ1n) is 17.0. The SMILES string of the molecule is C=C.C=CC1=C(/C(=C\C)c2cccc(-c3cccc(-c4cc(/C(C=C)=C/C)cc(-c5ccccc5)c4)c3)c2)S(=O)c2cc(C(C)(C)C)ccc21. The van der Waals surface area contributed by atoms with Crippen LogP contribution in [0.25, 0.3) is 50.1 Å². The molecule has 1 aliphatic rings. The first-order valence-corrected chi connectivity index (χ1v) is 18.1. The van der Waals surface area contributed by atoms with Gasteiger partial charge in [0.25, 0.3) is 0 Å². The van der Waals surface area contributed by atoms with Crippen molar-refractivity contribution in [2.24, 2.45) is 0 Å². The van der Waals surface area contributed by atoms with Gasteiger partial charge in [0.1, 0.15) is 0 Å². The van der Waals surface area contributed by atoms with E-state index in [4.69, 9.17) is 0 Å². The Morgan fingerprint density at radius 3 is 1.78 bits per heavy atom. The van der Waals surface area contributed by atoms with E-state index in [9.17, 15) is 4.21 Å². The van der Waals surface area contributed by atoms with Crippen molar-refractivity contribution in [3.05, 3.63) is 193 Å². The maximum absolute atomic E-state index is 14.2. The second-order valence-electron chi connectivity index (χ2n) is 13.2. The van der Waals surface area contributed by atoms with Crippen LogP contribution in [0, 0.1) is 0 Å². The Morgan fingerprint density at radius 2 is 1.18 bits per heavy atom. The van der Waals surface area contributed by atoms with E-state index < -0.39 is 10.8 Å². The molecule has 0 N–H and O–H groups in total. The maximum Gasteiger partial charge on any atom is 0.0868 e. The standard InChI is InChI=1S/C46H42OS.C2H4/c1-8-31(9-2)37-27-38(32-17-13-12-14-18-32)29-39(28-37)35-21-15-19-33(25-35)34-20-16-22-36(26-34)41(10-3)45-42(11-4)43-24-23-40(46(5,6)7)30-44(43)48(45)47;1-2/h8-30H,1,4H2,2-3,5-7H3;1-2H2/b31-9+,41-10-;. The molecule has 5 aromatic rings. The van der Waals surface area contributed by atoms with E-state index in [0.29, 0.717) is 0 Å². The highest BCUT2D eigenvalue weighted by molar-refractivity contribution is 7.90. The molecular weight excluding hydrogens is 625 g/mol. The molecule has 0 fully saturated rings. The second-order valence-corrected chi connectivity index (χ2v) is 14.5. The summed E-state index contributed by atoms with van der Waals surface area (Å²) in [5, 5.41) is 0. The molecule has 1 heterocycles. The minimum Gasteiger partial charge on any atom is -0.249 e. The lowest BCUT2D eigenvalue weighted by atomic mass is 9.86. The van der Waals surface area contributed by atoms with Gasteiger partial charge in [0, 0.05) is 0 Å². The van der Waals surface area contributed by atoms with Gasteiger partial charge in [-0.1, -0.05) is 137 Å². The summed E-state index contributed by atoms with van der Waals surface area (Å²) < 4.78 is 14.2. The third-order valence-electron chi connectivity index (χ3n) is 9.11. The summed E-state index contributed by atoms with van der Waals surface area (Å²) in [4.78, 5) is 1.69. The Hall–Kier alpha value is -5.31. The van der Waals surface area contributed by atoms with E-state index in [1.807, 2.05) is 25.1 Å². The highest BCUT2D eigenvalue weighted by Crippen LogP contribution is 2.45. The van der Waals surface area contributed by atoms with Gasteiger partial charge in [-0.05, 0) is 128 Å². The summed E-state index contributed by atoms with van der Waals surface area (Å²) in [7, 11) is -1.32. The van der Waals surface area contributed by atoms with Gasteiger partial charge in [0.05, 0.1) is 20.6 Å². The topological polar surface area (TPSA) is 17.1 Å². The van der Waals surface area contributed by atoms with E-state index in [2.05, 4.69) is 175 Å². The number of hydrogen-bond acceptors (Lipinski definition) is 1. The van der Waals surface area contributed by atoms with Gasteiger partial charge in [-0.25, -0.2) is 4.21 Å². The number of fused-ring (bicyclic) bond motifs is 1. The van der Waals surface area contributed by atoms with Gasteiger partial charge in [-0.3, -0.25) is 0 Å². The van der Waals surface area contributed by atoms with Gasteiger partial charge >= 0.3 is 0 Å². The van der Waals surface area contributed by atoms with E-state index in [1.54, 1.807) is 0 Å². The first kappa shape index (κ1) is 36.0. The number of hydrogen-bond donors (Lipinski definition) is 0. The molecule has 0 aliphatic carbocycles. The van der Waals surface area contributed by atoms with Crippen LogP contribution < -0.4 is 0 Å². The highest BCUT2D eigenvalue weighted by atomic mass is 32.2. The first-order chi connectivity index (χ1) is 24.2. The molecule has 1 unspecified atom stereocenters. The van der Waals surface area contributed by atoms with Crippen molar-refractivity contribution in [3.63, 3.8) is 0 Å². The molecule has 1 nitrogen and oxygen atoms in total. The van der Waals surface area contributed by atoms with Crippen LogP contribution in [0.1, 0.15) is 56.9 Å². The van der Waals surface area contributed by atoms with Crippen molar-refractivity contribution >= 4 is 27.5 Å². The molecule has 0 bridgehead atoms. The predicted octanol–water partition coefficient (Wildman–Crippen LogP) is 13.5. The Balaban J connectivity index is 0.00000239. The van der Waals surface area contributed by atoms with Crippen LogP contribution >= 0.6 is 0 Å². The Kier molecular flexibility index (Phi) is 11.1. The summed E-state index contributed by atoms with van der Waals surface area (Å²) in [6.07, 6.45) is 7.96. The molecule has 1 atom stereocenters. The van der Waals surface area contributed by atoms with Gasteiger partial charge in [0.15, 0.2) is 0 Å². The quantitative estimate of drug-likeness (QED) is 0.119. The van der Waals surface area contributed by atoms with Crippen LogP contribution in [0.5, 0.6) is 0 Å². The van der Waals surface area contributed by atoms with Crippen LogP contribution in [0.15, 0.2) is 176 Å². The molecule has 250 valence electrons. The van der Waals surface area contributed by atoms with Crippen molar-refractivity contribution in [2.75, 3.05) is 0 Å². The monoisotopic (exact) mass is 670 g/mol. The number of allylic oxidation sites excluding steroid dienone is 7. The van der Waals surface area contributed by atoms with E-state index >= 15 is 0 Å². The maximum atomic E-state index is 14.2. The Morgan fingerprint density at radius 1 is 0.620 bits per heavy atom. The summed E-state index contributed by atoms with van der Waals surface area (Å²) in [5.41, 5.74) is 14.2. The molecule has 0 saturated heterocycles. The summed E-state index contributed by atoms with van der Waals surface area (Å²) in [5.74, 6) is 0. The van der Waals surface area contributed by atoms with Gasteiger partial charge in [-0.2, -0.15) is 0 Å². The van der Waals surface area contributed by atoms with Crippen LogP contribution in [-0.4, -0.2) is 4.21 Å². The zero-order valence-electron chi connectivity index (χ0n) is 29.9. The van der Waals surface area contributed by atoms with Crippen LogP contribution in [0.3, 0.4) is 0 Å². The van der Waals surface area contributed by atoms with E-state index in [0.717, 1.165) is 65.5 Å². The molecule has 0 aromatic heterocycles. The lowest BCUT2D eigenvalue weighted by molar-refractivity contribution is 0.588. The van der Waals surface area contributed by atoms with E-state index in [1.165, 1.54) is 16.7 Å². The fourth-order valence-corrected chi connectivity index (χ4v) is 8.14. The van der Waals surface area contributed by atoms with Crippen molar-refractivity contribution in [1.29, 1.82) is 0 Å². The fraction of sp³-hybridized carbons (Fsp3) is 0.125. The number of rotatable bonds is 8. The molecule has 0 spiro atoms. The van der Waals surface area contributed by atoms with Gasteiger partial charge < -0.3 is 0 Å². The van der Waals surface area contributed by atoms with Crippen molar-refractivity contribution in [1.82, 2.24) is 0 Å². The Bertz CT molecular complexity index is 2180. The number of benzene rings is 5. The molecule has 0 amide bonds. The summed E-state index contributed by atoms with van der Waals surface area (Å²) >= 11 is 0. The lowest BCUT2D eigenvalue weighted by Gasteiger charge is -2.19.